The van der Waals surface area contributed by atoms with E-state index in [0.717, 1.165) is 4.47 Å². The quantitative estimate of drug-likeness (QED) is 0.592. The molecule has 2 aromatic rings. The fourth-order valence-corrected chi connectivity index (χ4v) is 2.87. The third-order valence-corrected chi connectivity index (χ3v) is 4.68. The number of Topliss-reactive ketones (excluding diaryl/α,β-unsaturated/α-hetero) is 1. The van der Waals surface area contributed by atoms with Gasteiger partial charge in [0.2, 0.25) is 11.8 Å². The molecule has 0 fully saturated rings. The highest BCUT2D eigenvalue weighted by atomic mass is 79.9. The minimum atomic E-state index is -0.303. The van der Waals surface area contributed by atoms with Crippen LogP contribution in [0, 0.1) is 0 Å². The number of nitrogens with zero attached hydrogens (tertiary/aromatic N) is 1. The highest BCUT2D eigenvalue weighted by molar-refractivity contribution is 9.10. The zero-order chi connectivity index (χ0) is 20.5. The summed E-state index contributed by atoms with van der Waals surface area (Å²) < 4.78 is 6.01. The van der Waals surface area contributed by atoms with Crippen LogP contribution < -0.4 is 10.1 Å². The van der Waals surface area contributed by atoms with Crippen molar-refractivity contribution in [2.75, 3.05) is 25.5 Å². The van der Waals surface area contributed by atoms with E-state index in [-0.39, 0.29) is 37.0 Å². The lowest BCUT2D eigenvalue weighted by Crippen LogP contribution is -2.38. The van der Waals surface area contributed by atoms with Crippen LogP contribution >= 0.6 is 15.9 Å². The van der Waals surface area contributed by atoms with Crippen LogP contribution in [0.3, 0.4) is 0 Å². The van der Waals surface area contributed by atoms with Crippen LogP contribution in [0.15, 0.2) is 53.0 Å². The van der Waals surface area contributed by atoms with E-state index in [1.165, 1.54) is 4.90 Å². The summed E-state index contributed by atoms with van der Waals surface area (Å²) in [6.07, 6.45) is 0.170. The molecule has 0 spiro atoms. The maximum absolute atomic E-state index is 12.4. The lowest BCUT2D eigenvalue weighted by Gasteiger charge is -2.20. The normalized spacial score (nSPS) is 10.2. The Morgan fingerprint density at radius 2 is 1.79 bits per heavy atom. The average Bonchev–Trinajstić information content (AvgIpc) is 2.70. The van der Waals surface area contributed by atoms with Crippen LogP contribution in [0.5, 0.6) is 5.75 Å². The maximum atomic E-state index is 12.4. The van der Waals surface area contributed by atoms with Gasteiger partial charge in [0.05, 0.1) is 13.7 Å². The van der Waals surface area contributed by atoms with Gasteiger partial charge in [0.1, 0.15) is 5.75 Å². The number of nitrogens with one attached hydrogen (secondary N) is 1. The molecule has 0 saturated carbocycles. The predicted molar refractivity (Wildman–Crippen MR) is 112 cm³/mol. The van der Waals surface area contributed by atoms with Crippen molar-refractivity contribution in [3.8, 4) is 5.75 Å². The summed E-state index contributed by atoms with van der Waals surface area (Å²) in [6, 6.07) is 14.0. The van der Waals surface area contributed by atoms with Crippen LogP contribution in [-0.2, 0) is 9.59 Å². The number of benzene rings is 2. The zero-order valence-corrected chi connectivity index (χ0v) is 17.5. The molecule has 2 amide bonds. The largest absolute Gasteiger partial charge is 0.497 e. The zero-order valence-electron chi connectivity index (χ0n) is 15.9. The average molecular weight is 447 g/mol. The fourth-order valence-electron chi connectivity index (χ4n) is 2.61. The number of anilines is 1. The number of rotatable bonds is 9. The van der Waals surface area contributed by atoms with E-state index in [1.807, 2.05) is 0 Å². The second-order valence-corrected chi connectivity index (χ2v) is 7.03. The summed E-state index contributed by atoms with van der Waals surface area (Å²) in [5, 5.41) is 2.75. The number of hydrogen-bond donors (Lipinski definition) is 1. The first-order chi connectivity index (χ1) is 13.4. The van der Waals surface area contributed by atoms with Gasteiger partial charge in [-0.2, -0.15) is 0 Å². The van der Waals surface area contributed by atoms with Crippen LogP contribution in [0.4, 0.5) is 5.69 Å². The van der Waals surface area contributed by atoms with E-state index in [2.05, 4.69) is 21.2 Å². The first kappa shape index (κ1) is 21.6. The minimum absolute atomic E-state index is 0.0647. The van der Waals surface area contributed by atoms with E-state index < -0.39 is 0 Å². The minimum Gasteiger partial charge on any atom is -0.497 e. The van der Waals surface area contributed by atoms with Gasteiger partial charge in [-0.15, -0.1) is 0 Å². The summed E-state index contributed by atoms with van der Waals surface area (Å²) >= 11 is 3.32. The standard InChI is InChI=1S/C21H23BrN2O4/c1-3-24(14-20(26)23-17-5-4-6-18(13-17)28-2)21(27)12-11-19(25)15-7-9-16(22)10-8-15/h4-10,13H,3,11-12,14H2,1-2H3,(H,23,26). The van der Waals surface area contributed by atoms with Crippen molar-refractivity contribution in [2.24, 2.45) is 0 Å². The summed E-state index contributed by atoms with van der Waals surface area (Å²) in [6.45, 7) is 2.11. The number of carbonyl (C=O) groups is 3. The van der Waals surface area contributed by atoms with Crippen molar-refractivity contribution in [3.05, 3.63) is 58.6 Å². The van der Waals surface area contributed by atoms with Crippen LogP contribution in [0.1, 0.15) is 30.1 Å². The lowest BCUT2D eigenvalue weighted by atomic mass is 10.1. The van der Waals surface area contributed by atoms with Crippen molar-refractivity contribution < 1.29 is 19.1 Å². The molecule has 2 rings (SSSR count). The van der Waals surface area contributed by atoms with Gasteiger partial charge < -0.3 is 15.0 Å². The number of carbonyl (C=O) groups excluding carboxylic acids is 3. The molecule has 0 atom stereocenters. The number of likely N-dealkylation sites (N-methyl/N-ethyl adjacent to an activating group) is 1. The monoisotopic (exact) mass is 446 g/mol. The summed E-state index contributed by atoms with van der Waals surface area (Å²) in [5.74, 6) is 0.00172. The van der Waals surface area contributed by atoms with Gasteiger partial charge in [-0.1, -0.05) is 34.1 Å². The molecule has 148 valence electrons. The molecule has 0 unspecified atom stereocenters. The Labute approximate surface area is 173 Å². The number of methoxy groups -OCH3 is 1. The number of ether oxygens (including phenoxy) is 1. The predicted octanol–water partition coefficient (Wildman–Crippen LogP) is 3.91. The first-order valence-corrected chi connectivity index (χ1v) is 9.72. The third-order valence-electron chi connectivity index (χ3n) is 4.15. The van der Waals surface area contributed by atoms with E-state index in [9.17, 15) is 14.4 Å². The molecule has 0 aliphatic rings. The van der Waals surface area contributed by atoms with E-state index in [1.54, 1.807) is 62.6 Å². The Bertz CT molecular complexity index is 837. The molecular weight excluding hydrogens is 424 g/mol. The molecule has 0 saturated heterocycles. The maximum Gasteiger partial charge on any atom is 0.243 e. The van der Waals surface area contributed by atoms with Crippen molar-refractivity contribution in [1.29, 1.82) is 0 Å². The van der Waals surface area contributed by atoms with E-state index in [0.29, 0.717) is 23.5 Å². The van der Waals surface area contributed by atoms with Gasteiger partial charge in [-0.05, 0) is 31.2 Å². The van der Waals surface area contributed by atoms with Crippen LogP contribution in [-0.4, -0.2) is 42.7 Å². The number of ketones is 1. The topological polar surface area (TPSA) is 75.7 Å². The Kier molecular flexibility index (Phi) is 8.19. The van der Waals surface area contributed by atoms with Crippen molar-refractivity contribution >= 4 is 39.2 Å². The van der Waals surface area contributed by atoms with Gasteiger partial charge >= 0.3 is 0 Å². The highest BCUT2D eigenvalue weighted by Crippen LogP contribution is 2.17. The molecule has 28 heavy (non-hydrogen) atoms. The second-order valence-electron chi connectivity index (χ2n) is 6.12. The smallest absolute Gasteiger partial charge is 0.243 e. The van der Waals surface area contributed by atoms with E-state index in [4.69, 9.17) is 4.74 Å². The first-order valence-electron chi connectivity index (χ1n) is 8.93. The summed E-state index contributed by atoms with van der Waals surface area (Å²) in [7, 11) is 1.55. The molecule has 0 radical (unpaired) electrons. The molecule has 7 heteroatoms. The number of amides is 2. The highest BCUT2D eigenvalue weighted by Gasteiger charge is 2.17. The summed E-state index contributed by atoms with van der Waals surface area (Å²) in [5.41, 5.74) is 1.16. The second kappa shape index (κ2) is 10.6. The van der Waals surface area contributed by atoms with Crippen molar-refractivity contribution in [3.63, 3.8) is 0 Å². The summed E-state index contributed by atoms with van der Waals surface area (Å²) in [4.78, 5) is 38.3. The number of halogens is 1. The Morgan fingerprint density at radius 1 is 1.07 bits per heavy atom. The molecule has 0 bridgehead atoms. The Hall–Kier alpha value is -2.67. The molecule has 0 aliphatic carbocycles. The molecular formula is C21H23BrN2O4. The lowest BCUT2D eigenvalue weighted by molar-refractivity contribution is -0.134. The van der Waals surface area contributed by atoms with Gasteiger partial charge in [0, 0.05) is 41.2 Å². The third kappa shape index (κ3) is 6.49. The Balaban J connectivity index is 1.87. The molecule has 0 aromatic heterocycles. The van der Waals surface area contributed by atoms with E-state index >= 15 is 0 Å². The van der Waals surface area contributed by atoms with Crippen LogP contribution in [0.2, 0.25) is 0 Å². The molecule has 1 N–H and O–H groups in total. The van der Waals surface area contributed by atoms with Gasteiger partial charge in [-0.3, -0.25) is 14.4 Å². The van der Waals surface area contributed by atoms with Gasteiger partial charge in [0.25, 0.3) is 0 Å². The number of hydrogen-bond acceptors (Lipinski definition) is 4. The van der Waals surface area contributed by atoms with Crippen LogP contribution in [0.25, 0.3) is 0 Å². The molecule has 6 nitrogen and oxygen atoms in total. The molecule has 2 aromatic carbocycles. The SMILES string of the molecule is CCN(CC(=O)Nc1cccc(OC)c1)C(=O)CCC(=O)c1ccc(Br)cc1. The Morgan fingerprint density at radius 3 is 2.43 bits per heavy atom. The van der Waals surface area contributed by atoms with Gasteiger partial charge in [0.15, 0.2) is 5.78 Å². The van der Waals surface area contributed by atoms with Crippen molar-refractivity contribution in [1.82, 2.24) is 4.90 Å². The molecule has 0 heterocycles. The molecule has 0 aliphatic heterocycles. The van der Waals surface area contributed by atoms with Gasteiger partial charge in [-0.25, -0.2) is 0 Å². The fraction of sp³-hybridized carbons (Fsp3) is 0.286. The van der Waals surface area contributed by atoms with Crippen molar-refractivity contribution in [2.45, 2.75) is 19.8 Å².